The Balaban J connectivity index is 2.14. The number of amides is 3. The average molecular weight is 347 g/mol. The number of imide groups is 1. The van der Waals surface area contributed by atoms with Gasteiger partial charge < -0.3 is 10.3 Å². The van der Waals surface area contributed by atoms with Gasteiger partial charge in [0, 0.05) is 13.5 Å². The summed E-state index contributed by atoms with van der Waals surface area (Å²) in [7, 11) is 1.87. The van der Waals surface area contributed by atoms with E-state index in [-0.39, 0.29) is 5.92 Å². The van der Waals surface area contributed by atoms with Crippen molar-refractivity contribution in [2.75, 3.05) is 0 Å². The van der Waals surface area contributed by atoms with E-state index in [1.54, 1.807) is 0 Å². The molecule has 1 aromatic carbocycles. The van der Waals surface area contributed by atoms with Crippen molar-refractivity contribution in [2.24, 2.45) is 18.7 Å². The minimum absolute atomic E-state index is 0.00335. The second-order valence-electron chi connectivity index (χ2n) is 5.76. The van der Waals surface area contributed by atoms with Gasteiger partial charge in [-0.15, -0.1) is 10.2 Å². The Hall–Kier alpha value is -2.35. The Kier molecular flexibility index (Phi) is 5.97. The van der Waals surface area contributed by atoms with Gasteiger partial charge in [-0.3, -0.25) is 10.1 Å². The Morgan fingerprint density at radius 2 is 1.92 bits per heavy atom. The molecule has 1 heterocycles. The van der Waals surface area contributed by atoms with Gasteiger partial charge in [-0.25, -0.2) is 4.79 Å². The minimum atomic E-state index is -0.853. The van der Waals surface area contributed by atoms with E-state index in [1.807, 2.05) is 55.8 Å². The van der Waals surface area contributed by atoms with Crippen molar-refractivity contribution in [3.05, 3.63) is 41.7 Å². The van der Waals surface area contributed by atoms with Gasteiger partial charge in [-0.1, -0.05) is 55.9 Å². The van der Waals surface area contributed by atoms with Crippen molar-refractivity contribution in [1.82, 2.24) is 20.1 Å². The lowest BCUT2D eigenvalue weighted by Crippen LogP contribution is -2.42. The van der Waals surface area contributed by atoms with Crippen molar-refractivity contribution in [3.8, 4) is 0 Å². The number of primary amides is 1. The summed E-state index contributed by atoms with van der Waals surface area (Å²) in [5.74, 6) is 0.389. The molecule has 1 atom stereocenters. The second-order valence-corrected chi connectivity index (χ2v) is 6.86. The number of nitrogens with zero attached hydrogens (tertiary/aromatic N) is 3. The van der Waals surface area contributed by atoms with Crippen LogP contribution in [0.4, 0.5) is 4.79 Å². The fraction of sp³-hybridized carbons (Fsp3) is 0.375. The molecule has 0 aliphatic heterocycles. The van der Waals surface area contributed by atoms with E-state index in [0.717, 1.165) is 11.4 Å². The smallest absolute Gasteiger partial charge is 0.318 e. The number of thioether (sulfide) groups is 1. The van der Waals surface area contributed by atoms with Crippen molar-refractivity contribution in [1.29, 1.82) is 0 Å². The lowest BCUT2D eigenvalue weighted by Gasteiger charge is -2.18. The standard InChI is InChI=1S/C16H21N5O2S/c1-10(2)13(14(22)18-15(17)23)24-16-20-19-12(21(16)3)9-11-7-5-4-6-8-11/h4-8,10,13H,9H2,1-3H3,(H3,17,18,22,23). The molecule has 0 bridgehead atoms. The molecule has 128 valence electrons. The third kappa shape index (κ3) is 4.58. The number of carbonyl (C=O) groups excluding carboxylic acids is 2. The van der Waals surface area contributed by atoms with Crippen LogP contribution in [0.25, 0.3) is 0 Å². The molecule has 8 heteroatoms. The number of nitrogens with one attached hydrogen (secondary N) is 1. The molecular formula is C16H21N5O2S. The molecule has 0 aliphatic rings. The molecule has 0 saturated heterocycles. The maximum absolute atomic E-state index is 12.1. The Morgan fingerprint density at radius 3 is 2.50 bits per heavy atom. The third-order valence-electron chi connectivity index (χ3n) is 3.47. The Labute approximate surface area is 145 Å². The zero-order chi connectivity index (χ0) is 17.7. The van der Waals surface area contributed by atoms with Crippen LogP contribution in [-0.2, 0) is 18.3 Å². The molecule has 24 heavy (non-hydrogen) atoms. The van der Waals surface area contributed by atoms with Crippen LogP contribution in [0.2, 0.25) is 0 Å². The van der Waals surface area contributed by atoms with Gasteiger partial charge >= 0.3 is 6.03 Å². The van der Waals surface area contributed by atoms with E-state index < -0.39 is 17.2 Å². The first-order chi connectivity index (χ1) is 11.4. The van der Waals surface area contributed by atoms with Gasteiger partial charge in [0.2, 0.25) is 5.91 Å². The molecule has 3 N–H and O–H groups in total. The number of rotatable bonds is 6. The molecule has 0 radical (unpaired) electrons. The normalized spacial score (nSPS) is 12.2. The van der Waals surface area contributed by atoms with Crippen LogP contribution in [0.5, 0.6) is 0 Å². The first kappa shape index (κ1) is 18.0. The van der Waals surface area contributed by atoms with Crippen molar-refractivity contribution < 1.29 is 9.59 Å². The third-order valence-corrected chi connectivity index (χ3v) is 5.05. The van der Waals surface area contributed by atoms with Crippen LogP contribution in [0.15, 0.2) is 35.5 Å². The number of nitrogens with two attached hydrogens (primary N) is 1. The molecule has 1 aromatic heterocycles. The van der Waals surface area contributed by atoms with Crippen molar-refractivity contribution >= 4 is 23.7 Å². The molecule has 2 aromatic rings. The highest BCUT2D eigenvalue weighted by Crippen LogP contribution is 2.27. The summed E-state index contributed by atoms with van der Waals surface area (Å²) >= 11 is 1.27. The fourth-order valence-corrected chi connectivity index (χ4v) is 3.20. The number of hydrogen-bond donors (Lipinski definition) is 2. The van der Waals surface area contributed by atoms with Gasteiger partial charge in [0.05, 0.1) is 5.25 Å². The zero-order valence-corrected chi connectivity index (χ0v) is 14.7. The average Bonchev–Trinajstić information content (AvgIpc) is 2.85. The maximum Gasteiger partial charge on any atom is 0.318 e. The molecule has 0 saturated carbocycles. The predicted octanol–water partition coefficient (Wildman–Crippen LogP) is 1.72. The van der Waals surface area contributed by atoms with E-state index in [2.05, 4.69) is 15.5 Å². The van der Waals surface area contributed by atoms with Crippen LogP contribution in [-0.4, -0.2) is 32.0 Å². The molecule has 1 unspecified atom stereocenters. The lowest BCUT2D eigenvalue weighted by molar-refractivity contribution is -0.120. The monoisotopic (exact) mass is 347 g/mol. The van der Waals surface area contributed by atoms with Crippen molar-refractivity contribution in [2.45, 2.75) is 30.7 Å². The largest absolute Gasteiger partial charge is 0.351 e. The van der Waals surface area contributed by atoms with Gasteiger partial charge in [-0.05, 0) is 11.5 Å². The molecule has 0 aliphatic carbocycles. The summed E-state index contributed by atoms with van der Waals surface area (Å²) in [6.07, 6.45) is 0.657. The van der Waals surface area contributed by atoms with E-state index in [1.165, 1.54) is 11.8 Å². The van der Waals surface area contributed by atoms with Gasteiger partial charge in [0.1, 0.15) is 5.82 Å². The molecule has 7 nitrogen and oxygen atoms in total. The highest BCUT2D eigenvalue weighted by Gasteiger charge is 2.27. The zero-order valence-electron chi connectivity index (χ0n) is 13.9. The van der Waals surface area contributed by atoms with E-state index >= 15 is 0 Å². The predicted molar refractivity (Wildman–Crippen MR) is 92.5 cm³/mol. The SMILES string of the molecule is CC(C)C(Sc1nnc(Cc2ccccc2)n1C)C(=O)NC(N)=O. The summed E-state index contributed by atoms with van der Waals surface area (Å²) in [5, 5.41) is 10.7. The van der Waals surface area contributed by atoms with E-state index in [4.69, 9.17) is 5.73 Å². The van der Waals surface area contributed by atoms with Crippen LogP contribution in [0, 0.1) is 5.92 Å². The number of benzene rings is 1. The number of urea groups is 1. The van der Waals surface area contributed by atoms with Crippen LogP contribution >= 0.6 is 11.8 Å². The Bertz CT molecular complexity index is 715. The quantitative estimate of drug-likeness (QED) is 0.775. The number of aromatic nitrogens is 3. The number of carbonyl (C=O) groups is 2. The summed E-state index contributed by atoms with van der Waals surface area (Å²) in [6.45, 7) is 3.80. The van der Waals surface area contributed by atoms with E-state index in [9.17, 15) is 9.59 Å². The first-order valence-electron chi connectivity index (χ1n) is 7.57. The molecular weight excluding hydrogens is 326 g/mol. The van der Waals surface area contributed by atoms with E-state index in [0.29, 0.717) is 11.6 Å². The molecule has 0 spiro atoms. The number of hydrogen-bond acceptors (Lipinski definition) is 5. The lowest BCUT2D eigenvalue weighted by atomic mass is 10.1. The molecule has 0 fully saturated rings. The van der Waals surface area contributed by atoms with Crippen LogP contribution < -0.4 is 11.1 Å². The van der Waals surface area contributed by atoms with Gasteiger partial charge in [0.25, 0.3) is 0 Å². The maximum atomic E-state index is 12.1. The van der Waals surface area contributed by atoms with Gasteiger partial charge in [0.15, 0.2) is 5.16 Å². The Morgan fingerprint density at radius 1 is 1.25 bits per heavy atom. The highest BCUT2D eigenvalue weighted by atomic mass is 32.2. The summed E-state index contributed by atoms with van der Waals surface area (Å²) in [5.41, 5.74) is 6.17. The summed E-state index contributed by atoms with van der Waals surface area (Å²) in [4.78, 5) is 23.0. The summed E-state index contributed by atoms with van der Waals surface area (Å²) in [6, 6.07) is 9.12. The first-order valence-corrected chi connectivity index (χ1v) is 8.45. The fourth-order valence-electron chi connectivity index (χ4n) is 2.18. The molecule has 2 rings (SSSR count). The summed E-state index contributed by atoms with van der Waals surface area (Å²) < 4.78 is 1.87. The van der Waals surface area contributed by atoms with Crippen molar-refractivity contribution in [3.63, 3.8) is 0 Å². The molecule has 3 amide bonds. The van der Waals surface area contributed by atoms with Gasteiger partial charge in [-0.2, -0.15) is 0 Å². The van der Waals surface area contributed by atoms with Crippen LogP contribution in [0.1, 0.15) is 25.2 Å². The topological polar surface area (TPSA) is 103 Å². The highest BCUT2D eigenvalue weighted by molar-refractivity contribution is 8.00. The minimum Gasteiger partial charge on any atom is -0.351 e. The van der Waals surface area contributed by atoms with Crippen LogP contribution in [0.3, 0.4) is 0 Å². The second kappa shape index (κ2) is 7.96.